The molecule has 0 spiro atoms. The van der Waals surface area contributed by atoms with Crippen LogP contribution in [0.1, 0.15) is 17.5 Å². The van der Waals surface area contributed by atoms with E-state index in [4.69, 9.17) is 0 Å². The molecule has 2 aromatic rings. The van der Waals surface area contributed by atoms with Crippen molar-refractivity contribution in [1.82, 2.24) is 0 Å². The first-order valence-electron chi connectivity index (χ1n) is 7.12. The second-order valence-corrected chi connectivity index (χ2v) is 7.11. The fourth-order valence-electron chi connectivity index (χ4n) is 2.62. The van der Waals surface area contributed by atoms with E-state index in [1.807, 2.05) is 25.2 Å². The highest BCUT2D eigenvalue weighted by molar-refractivity contribution is 9.13. The molecular formula is C17H16Br2N2O. The number of aryl methyl sites for hydroxylation is 1. The summed E-state index contributed by atoms with van der Waals surface area (Å²) in [6.45, 7) is 0.763. The van der Waals surface area contributed by atoms with Gasteiger partial charge in [0.2, 0.25) is 5.91 Å². The molecule has 5 heteroatoms. The number of nitrogens with zero attached hydrogens (tertiary/aromatic N) is 1. The number of hydrogen-bond acceptors (Lipinski definition) is 2. The Balaban J connectivity index is 1.74. The Morgan fingerprint density at radius 1 is 1.09 bits per heavy atom. The van der Waals surface area contributed by atoms with Gasteiger partial charge in [-0.25, -0.2) is 0 Å². The molecule has 1 aliphatic rings. The second-order valence-electron chi connectivity index (χ2n) is 5.40. The molecule has 3 rings (SSSR count). The number of hydrogen-bond donors (Lipinski definition) is 1. The minimum absolute atomic E-state index is 0.188. The number of benzene rings is 2. The molecule has 22 heavy (non-hydrogen) atoms. The van der Waals surface area contributed by atoms with Crippen molar-refractivity contribution in [3.63, 3.8) is 0 Å². The van der Waals surface area contributed by atoms with Crippen LogP contribution in [-0.4, -0.2) is 13.0 Å². The van der Waals surface area contributed by atoms with Crippen LogP contribution in [0.25, 0.3) is 0 Å². The average molecular weight is 424 g/mol. The maximum absolute atomic E-state index is 11.7. The fraction of sp³-hybridized carbons (Fsp3) is 0.235. The van der Waals surface area contributed by atoms with Crippen molar-refractivity contribution >= 4 is 49.1 Å². The SMILES string of the molecule is CN1C(=O)CCc2cc(NCc3ccc(Br)c(Br)c3)ccc21. The summed E-state index contributed by atoms with van der Waals surface area (Å²) in [6.07, 6.45) is 1.41. The number of carbonyl (C=O) groups is 1. The minimum Gasteiger partial charge on any atom is -0.381 e. The second kappa shape index (κ2) is 6.42. The highest BCUT2D eigenvalue weighted by Crippen LogP contribution is 2.29. The predicted molar refractivity (Wildman–Crippen MR) is 97.3 cm³/mol. The summed E-state index contributed by atoms with van der Waals surface area (Å²) < 4.78 is 2.11. The van der Waals surface area contributed by atoms with Gasteiger partial charge in [-0.05, 0) is 79.7 Å². The van der Waals surface area contributed by atoms with Crippen LogP contribution in [0.3, 0.4) is 0 Å². The lowest BCUT2D eigenvalue weighted by Crippen LogP contribution is -2.31. The van der Waals surface area contributed by atoms with E-state index in [2.05, 4.69) is 55.4 Å². The summed E-state index contributed by atoms with van der Waals surface area (Å²) in [4.78, 5) is 13.5. The number of anilines is 2. The van der Waals surface area contributed by atoms with Crippen molar-refractivity contribution in [2.24, 2.45) is 0 Å². The van der Waals surface area contributed by atoms with Crippen LogP contribution >= 0.6 is 31.9 Å². The lowest BCUT2D eigenvalue weighted by atomic mass is 10.0. The van der Waals surface area contributed by atoms with Gasteiger partial charge in [0.05, 0.1) is 0 Å². The van der Waals surface area contributed by atoms with Gasteiger partial charge in [-0.3, -0.25) is 4.79 Å². The van der Waals surface area contributed by atoms with Crippen molar-refractivity contribution in [3.05, 3.63) is 56.5 Å². The molecular weight excluding hydrogens is 408 g/mol. The van der Waals surface area contributed by atoms with Crippen LogP contribution < -0.4 is 10.2 Å². The van der Waals surface area contributed by atoms with Crippen molar-refractivity contribution in [2.45, 2.75) is 19.4 Å². The highest BCUT2D eigenvalue weighted by Gasteiger charge is 2.20. The summed E-state index contributed by atoms with van der Waals surface area (Å²) in [7, 11) is 1.84. The average Bonchev–Trinajstić information content (AvgIpc) is 2.52. The molecule has 114 valence electrons. The van der Waals surface area contributed by atoms with E-state index >= 15 is 0 Å². The summed E-state index contributed by atoms with van der Waals surface area (Å²) in [6, 6.07) is 12.4. The first-order chi connectivity index (χ1) is 10.5. The zero-order chi connectivity index (χ0) is 15.7. The molecule has 1 heterocycles. The normalized spacial score (nSPS) is 14.0. The van der Waals surface area contributed by atoms with E-state index in [0.717, 1.165) is 33.3 Å². The van der Waals surface area contributed by atoms with Crippen molar-refractivity contribution < 1.29 is 4.79 Å². The Morgan fingerprint density at radius 3 is 2.68 bits per heavy atom. The number of fused-ring (bicyclic) bond motifs is 1. The van der Waals surface area contributed by atoms with E-state index in [9.17, 15) is 4.79 Å². The quantitative estimate of drug-likeness (QED) is 0.773. The molecule has 0 aliphatic carbocycles. The molecule has 1 N–H and O–H groups in total. The molecule has 0 fully saturated rings. The van der Waals surface area contributed by atoms with Crippen LogP contribution in [0, 0.1) is 0 Å². The van der Waals surface area contributed by atoms with E-state index in [-0.39, 0.29) is 5.91 Å². The monoisotopic (exact) mass is 422 g/mol. The topological polar surface area (TPSA) is 32.3 Å². The van der Waals surface area contributed by atoms with Crippen LogP contribution in [0.5, 0.6) is 0 Å². The van der Waals surface area contributed by atoms with Crippen molar-refractivity contribution in [2.75, 3.05) is 17.3 Å². The zero-order valence-corrected chi connectivity index (χ0v) is 15.4. The third-order valence-electron chi connectivity index (χ3n) is 3.90. The molecule has 0 bridgehead atoms. The lowest BCUT2D eigenvalue weighted by molar-refractivity contribution is -0.118. The number of nitrogens with one attached hydrogen (secondary N) is 1. The smallest absolute Gasteiger partial charge is 0.227 e. The fourth-order valence-corrected chi connectivity index (χ4v) is 3.29. The summed E-state index contributed by atoms with van der Waals surface area (Å²) >= 11 is 7.00. The van der Waals surface area contributed by atoms with E-state index in [1.165, 1.54) is 11.1 Å². The van der Waals surface area contributed by atoms with Gasteiger partial charge in [0, 0.05) is 40.3 Å². The summed E-state index contributed by atoms with van der Waals surface area (Å²) in [5.74, 6) is 0.188. The summed E-state index contributed by atoms with van der Waals surface area (Å²) in [5, 5.41) is 3.44. The molecule has 3 nitrogen and oxygen atoms in total. The Bertz CT molecular complexity index is 731. The van der Waals surface area contributed by atoms with E-state index in [1.54, 1.807) is 4.90 Å². The molecule has 0 atom stereocenters. The number of halogens is 2. The van der Waals surface area contributed by atoms with Crippen molar-refractivity contribution in [1.29, 1.82) is 0 Å². The molecule has 0 radical (unpaired) electrons. The maximum atomic E-state index is 11.7. The van der Waals surface area contributed by atoms with Gasteiger partial charge < -0.3 is 10.2 Å². The Hall–Kier alpha value is -1.33. The molecule has 1 amide bonds. The Labute approximate surface area is 147 Å². The molecule has 0 aromatic heterocycles. The molecule has 0 saturated heterocycles. The predicted octanol–water partition coefficient (Wildman–Crippen LogP) is 4.73. The lowest BCUT2D eigenvalue weighted by Gasteiger charge is -2.26. The first-order valence-corrected chi connectivity index (χ1v) is 8.70. The molecule has 1 aliphatic heterocycles. The van der Waals surface area contributed by atoms with E-state index < -0.39 is 0 Å². The van der Waals surface area contributed by atoms with Gasteiger partial charge in [-0.2, -0.15) is 0 Å². The van der Waals surface area contributed by atoms with Crippen molar-refractivity contribution in [3.8, 4) is 0 Å². The van der Waals surface area contributed by atoms with Gasteiger partial charge in [-0.15, -0.1) is 0 Å². The van der Waals surface area contributed by atoms with Gasteiger partial charge in [0.1, 0.15) is 0 Å². The van der Waals surface area contributed by atoms with Gasteiger partial charge in [0.25, 0.3) is 0 Å². The number of carbonyl (C=O) groups excluding carboxylic acids is 1. The zero-order valence-electron chi connectivity index (χ0n) is 12.2. The number of rotatable bonds is 3. The van der Waals surface area contributed by atoms with Gasteiger partial charge in [0.15, 0.2) is 0 Å². The van der Waals surface area contributed by atoms with Gasteiger partial charge >= 0.3 is 0 Å². The number of amides is 1. The van der Waals surface area contributed by atoms with Crippen LogP contribution in [0.4, 0.5) is 11.4 Å². The van der Waals surface area contributed by atoms with Crippen LogP contribution in [0.2, 0.25) is 0 Å². The maximum Gasteiger partial charge on any atom is 0.227 e. The van der Waals surface area contributed by atoms with E-state index in [0.29, 0.717) is 6.42 Å². The molecule has 0 saturated carbocycles. The van der Waals surface area contributed by atoms with Gasteiger partial charge in [-0.1, -0.05) is 6.07 Å². The highest BCUT2D eigenvalue weighted by atomic mass is 79.9. The minimum atomic E-state index is 0.188. The summed E-state index contributed by atoms with van der Waals surface area (Å²) in [5.41, 5.74) is 4.54. The first kappa shape index (κ1) is 15.6. The molecule has 0 unspecified atom stereocenters. The van der Waals surface area contributed by atoms with Crippen LogP contribution in [-0.2, 0) is 17.8 Å². The largest absolute Gasteiger partial charge is 0.381 e. The Kier molecular flexibility index (Phi) is 4.54. The molecule has 2 aromatic carbocycles. The third kappa shape index (κ3) is 3.20. The Morgan fingerprint density at radius 2 is 1.91 bits per heavy atom. The third-order valence-corrected chi connectivity index (χ3v) is 5.78. The standard InChI is InChI=1S/C17H16Br2N2O/c1-21-16-6-4-13(9-12(16)3-7-17(21)22)20-10-11-2-5-14(18)15(19)8-11/h2,4-6,8-9,20H,3,7,10H2,1H3. The van der Waals surface area contributed by atoms with Crippen LogP contribution in [0.15, 0.2) is 45.3 Å².